The molecular formula is C26H36FN7O3. The first-order chi connectivity index (χ1) is 17.9. The van der Waals surface area contributed by atoms with Crippen LogP contribution < -0.4 is 22.1 Å². The molecule has 1 fully saturated rings. The van der Waals surface area contributed by atoms with Crippen molar-refractivity contribution in [2.75, 3.05) is 38.1 Å². The molecule has 200 valence electrons. The minimum atomic E-state index is -0.775. The van der Waals surface area contributed by atoms with Crippen molar-refractivity contribution in [1.29, 1.82) is 0 Å². The number of methoxy groups -OCH3 is 2. The lowest BCUT2D eigenvalue weighted by Gasteiger charge is -2.30. The van der Waals surface area contributed by atoms with E-state index in [4.69, 9.17) is 26.0 Å². The van der Waals surface area contributed by atoms with E-state index < -0.39 is 11.7 Å². The van der Waals surface area contributed by atoms with Gasteiger partial charge in [0.2, 0.25) is 0 Å². The van der Waals surface area contributed by atoms with Gasteiger partial charge in [-0.3, -0.25) is 9.48 Å². The number of pyridine rings is 1. The van der Waals surface area contributed by atoms with Crippen molar-refractivity contribution < 1.29 is 18.7 Å². The Hall–Kier alpha value is -3.28. The van der Waals surface area contributed by atoms with Crippen molar-refractivity contribution >= 4 is 34.1 Å². The van der Waals surface area contributed by atoms with E-state index in [2.05, 4.69) is 15.6 Å². The van der Waals surface area contributed by atoms with Gasteiger partial charge in [0.1, 0.15) is 5.82 Å². The quantitative estimate of drug-likeness (QED) is 0.270. The number of aryl methyl sites for hydroxylation is 1. The maximum absolute atomic E-state index is 14.9. The molecule has 0 unspecified atom stereocenters. The van der Waals surface area contributed by atoms with Crippen LogP contribution in [0.4, 0.5) is 21.7 Å². The Labute approximate surface area is 215 Å². The van der Waals surface area contributed by atoms with Crippen molar-refractivity contribution in [2.45, 2.75) is 57.2 Å². The minimum Gasteiger partial charge on any atom is -0.385 e. The van der Waals surface area contributed by atoms with Crippen molar-refractivity contribution in [3.63, 3.8) is 0 Å². The number of anilines is 3. The Balaban J connectivity index is 1.66. The average Bonchev–Trinajstić information content (AvgIpc) is 3.22. The summed E-state index contributed by atoms with van der Waals surface area (Å²) >= 11 is 0. The van der Waals surface area contributed by atoms with Gasteiger partial charge < -0.3 is 31.6 Å². The van der Waals surface area contributed by atoms with E-state index in [1.54, 1.807) is 14.2 Å². The molecule has 4 rings (SSSR count). The normalized spacial score (nSPS) is 17.7. The molecule has 2 heterocycles. The molecule has 1 saturated carbocycles. The number of primary amides is 1. The van der Waals surface area contributed by atoms with Crippen LogP contribution in [0, 0.1) is 5.82 Å². The fourth-order valence-electron chi connectivity index (χ4n) is 4.76. The van der Waals surface area contributed by atoms with E-state index in [1.807, 2.05) is 22.9 Å². The van der Waals surface area contributed by atoms with Crippen molar-refractivity contribution in [3.05, 3.63) is 41.3 Å². The third kappa shape index (κ3) is 6.35. The maximum atomic E-state index is 14.9. The molecule has 10 nitrogen and oxygen atoms in total. The minimum absolute atomic E-state index is 0.0350. The molecule has 37 heavy (non-hydrogen) atoms. The highest BCUT2D eigenvalue weighted by atomic mass is 19.1. The first kappa shape index (κ1) is 26.8. The summed E-state index contributed by atoms with van der Waals surface area (Å²) in [6.45, 7) is 1.79. The Morgan fingerprint density at radius 3 is 2.68 bits per heavy atom. The molecule has 0 saturated heterocycles. The summed E-state index contributed by atoms with van der Waals surface area (Å²) in [5.74, 6) is -1.20. The Morgan fingerprint density at radius 2 is 1.95 bits per heavy atom. The molecule has 2 aromatic heterocycles. The number of hydrogen-bond donors (Lipinski definition) is 4. The predicted molar refractivity (Wildman–Crippen MR) is 142 cm³/mol. The monoisotopic (exact) mass is 513 g/mol. The molecule has 0 bridgehead atoms. The SMILES string of the molecule is COCCCc1nn(CCOC)c2ccc(Nc3nc(N[C@@H]4CCCC[C@@H]4N)c(F)cc3C(N)=O)cc12. The fraction of sp³-hybridized carbons (Fsp3) is 0.500. The van der Waals surface area contributed by atoms with E-state index >= 15 is 0 Å². The highest BCUT2D eigenvalue weighted by Gasteiger charge is 2.24. The zero-order valence-corrected chi connectivity index (χ0v) is 21.4. The standard InChI is InChI=1S/C26H36FN7O3/c1-36-12-5-8-21-17-14-16(9-10-23(17)34(33-21)11-13-37-2)30-25-18(24(29)35)15-19(27)26(32-25)31-22-7-4-3-6-20(22)28/h9-10,14-15,20,22H,3-8,11-13,28H2,1-2H3,(H2,29,35)(H2,30,31,32)/t20-,22+/m0/s1. The highest BCUT2D eigenvalue weighted by Crippen LogP contribution is 2.29. The van der Waals surface area contributed by atoms with Crippen LogP contribution >= 0.6 is 0 Å². The first-order valence-corrected chi connectivity index (χ1v) is 12.7. The van der Waals surface area contributed by atoms with Crippen LogP contribution in [0.3, 0.4) is 0 Å². The number of aromatic nitrogens is 3. The number of fused-ring (bicyclic) bond motifs is 1. The predicted octanol–water partition coefficient (Wildman–Crippen LogP) is 3.32. The number of nitrogens with zero attached hydrogens (tertiary/aromatic N) is 3. The molecule has 6 N–H and O–H groups in total. The second-order valence-electron chi connectivity index (χ2n) is 9.39. The van der Waals surface area contributed by atoms with Gasteiger partial charge in [0.05, 0.1) is 29.9 Å². The lowest BCUT2D eigenvalue weighted by molar-refractivity contribution is 0.100. The van der Waals surface area contributed by atoms with Crippen LogP contribution in [0.15, 0.2) is 24.3 Å². The van der Waals surface area contributed by atoms with Crippen molar-refractivity contribution in [1.82, 2.24) is 14.8 Å². The third-order valence-corrected chi connectivity index (χ3v) is 6.74. The average molecular weight is 514 g/mol. The van der Waals surface area contributed by atoms with Crippen LogP contribution in [-0.4, -0.2) is 60.2 Å². The second-order valence-corrected chi connectivity index (χ2v) is 9.39. The summed E-state index contributed by atoms with van der Waals surface area (Å²) in [5, 5.41) is 12.1. The lowest BCUT2D eigenvalue weighted by Crippen LogP contribution is -2.43. The van der Waals surface area contributed by atoms with Gasteiger partial charge in [0.15, 0.2) is 11.6 Å². The first-order valence-electron chi connectivity index (χ1n) is 12.7. The summed E-state index contributed by atoms with van der Waals surface area (Å²) in [7, 11) is 3.33. The summed E-state index contributed by atoms with van der Waals surface area (Å²) in [6.07, 6.45) is 5.34. The van der Waals surface area contributed by atoms with Gasteiger partial charge in [-0.25, -0.2) is 9.37 Å². The van der Waals surface area contributed by atoms with Gasteiger partial charge in [0.25, 0.3) is 5.91 Å². The lowest BCUT2D eigenvalue weighted by atomic mass is 9.91. The van der Waals surface area contributed by atoms with Gasteiger partial charge in [-0.1, -0.05) is 12.8 Å². The van der Waals surface area contributed by atoms with Crippen molar-refractivity contribution in [3.8, 4) is 0 Å². The van der Waals surface area contributed by atoms with Gasteiger partial charge in [0, 0.05) is 44.0 Å². The smallest absolute Gasteiger partial charge is 0.252 e. The van der Waals surface area contributed by atoms with Crippen LogP contribution in [0.1, 0.15) is 48.2 Å². The number of hydrogen-bond acceptors (Lipinski definition) is 8. The van der Waals surface area contributed by atoms with Gasteiger partial charge >= 0.3 is 0 Å². The fourth-order valence-corrected chi connectivity index (χ4v) is 4.76. The zero-order chi connectivity index (χ0) is 26.4. The summed E-state index contributed by atoms with van der Waals surface area (Å²) in [4.78, 5) is 16.6. The third-order valence-electron chi connectivity index (χ3n) is 6.74. The summed E-state index contributed by atoms with van der Waals surface area (Å²) in [6, 6.07) is 6.71. The number of halogens is 1. The van der Waals surface area contributed by atoms with Gasteiger partial charge in [-0.05, 0) is 49.9 Å². The van der Waals surface area contributed by atoms with E-state index in [9.17, 15) is 9.18 Å². The van der Waals surface area contributed by atoms with Crippen LogP contribution in [0.5, 0.6) is 0 Å². The van der Waals surface area contributed by atoms with Crippen LogP contribution in [0.25, 0.3) is 10.9 Å². The number of nitrogens with one attached hydrogen (secondary N) is 2. The number of amides is 1. The zero-order valence-electron chi connectivity index (χ0n) is 21.4. The molecule has 3 aromatic rings. The Kier molecular flexibility index (Phi) is 8.91. The molecule has 1 amide bonds. The van der Waals surface area contributed by atoms with Crippen molar-refractivity contribution in [2.24, 2.45) is 11.5 Å². The molecule has 11 heteroatoms. The number of rotatable bonds is 12. The van der Waals surface area contributed by atoms with Gasteiger partial charge in [-0.2, -0.15) is 5.10 Å². The molecule has 1 aromatic carbocycles. The number of carbonyl (C=O) groups excluding carboxylic acids is 1. The van der Waals surface area contributed by atoms with Gasteiger partial charge in [-0.15, -0.1) is 0 Å². The number of carbonyl (C=O) groups is 1. The molecule has 0 spiro atoms. The molecule has 2 atom stereocenters. The molecule has 0 aliphatic heterocycles. The maximum Gasteiger partial charge on any atom is 0.252 e. The number of ether oxygens (including phenoxy) is 2. The molecule has 1 aliphatic carbocycles. The summed E-state index contributed by atoms with van der Waals surface area (Å²) in [5.41, 5.74) is 14.3. The molecule has 0 radical (unpaired) electrons. The highest BCUT2D eigenvalue weighted by molar-refractivity contribution is 5.99. The summed E-state index contributed by atoms with van der Waals surface area (Å²) < 4.78 is 27.3. The van der Waals surface area contributed by atoms with E-state index in [-0.39, 0.29) is 29.3 Å². The Morgan fingerprint density at radius 1 is 1.16 bits per heavy atom. The Bertz CT molecular complexity index is 1230. The molecule has 1 aliphatic rings. The second kappa shape index (κ2) is 12.3. The number of benzene rings is 1. The van der Waals surface area contributed by atoms with Crippen LogP contribution in [0.2, 0.25) is 0 Å². The van der Waals surface area contributed by atoms with E-state index in [1.165, 1.54) is 0 Å². The number of nitrogens with two attached hydrogens (primary N) is 2. The largest absolute Gasteiger partial charge is 0.385 e. The van der Waals surface area contributed by atoms with Crippen LogP contribution in [-0.2, 0) is 22.4 Å². The molecular weight excluding hydrogens is 477 g/mol. The topological polar surface area (TPSA) is 142 Å². The van der Waals surface area contributed by atoms with E-state index in [0.29, 0.717) is 25.4 Å². The van der Waals surface area contributed by atoms with E-state index in [0.717, 1.165) is 61.2 Å².